The fraction of sp³-hybridized carbons (Fsp3) is 0. The third-order valence-electron chi connectivity index (χ3n) is 2.13. The minimum atomic E-state index is -0.914. The molecule has 0 atom stereocenters. The van der Waals surface area contributed by atoms with Crippen molar-refractivity contribution in [3.63, 3.8) is 0 Å². The maximum absolute atomic E-state index is 13.4. The van der Waals surface area contributed by atoms with E-state index in [1.807, 2.05) is 0 Å². The summed E-state index contributed by atoms with van der Waals surface area (Å²) in [5.74, 6) is -2.05. The van der Waals surface area contributed by atoms with Crippen molar-refractivity contribution < 1.29 is 13.6 Å². The molecule has 1 amide bonds. The van der Waals surface area contributed by atoms with Gasteiger partial charge in [-0.1, -0.05) is 6.07 Å². The molecular weight excluding hydrogens is 306 g/mol. The first kappa shape index (κ1) is 12.6. The monoisotopic (exact) mass is 312 g/mol. The summed E-state index contributed by atoms with van der Waals surface area (Å²) < 4.78 is 26.6. The van der Waals surface area contributed by atoms with Crippen molar-refractivity contribution >= 4 is 27.7 Å². The van der Waals surface area contributed by atoms with Crippen LogP contribution in [0.15, 0.2) is 41.0 Å². The molecule has 0 saturated heterocycles. The number of carbonyl (C=O) groups excluding carboxylic acids is 1. The number of halogens is 3. The molecule has 0 spiro atoms. The van der Waals surface area contributed by atoms with Crippen LogP contribution in [0.25, 0.3) is 0 Å². The first-order chi connectivity index (χ1) is 8.56. The normalized spacial score (nSPS) is 10.2. The average molecular weight is 313 g/mol. The van der Waals surface area contributed by atoms with Crippen LogP contribution < -0.4 is 5.32 Å². The molecule has 0 unspecified atom stereocenters. The molecule has 92 valence electrons. The topological polar surface area (TPSA) is 42.0 Å². The molecule has 1 N–H and O–H groups in total. The van der Waals surface area contributed by atoms with E-state index in [1.54, 1.807) is 18.2 Å². The highest BCUT2D eigenvalue weighted by molar-refractivity contribution is 9.10. The van der Waals surface area contributed by atoms with E-state index in [1.165, 1.54) is 0 Å². The number of benzene rings is 1. The number of amides is 1. The lowest BCUT2D eigenvalue weighted by molar-refractivity contribution is 0.102. The summed E-state index contributed by atoms with van der Waals surface area (Å²) in [5, 5.41) is 2.42. The molecule has 6 heteroatoms. The Morgan fingerprint density at radius 2 is 2.00 bits per heavy atom. The van der Waals surface area contributed by atoms with Gasteiger partial charge in [0.25, 0.3) is 5.91 Å². The Labute approximate surface area is 110 Å². The highest BCUT2D eigenvalue weighted by Crippen LogP contribution is 2.14. The highest BCUT2D eigenvalue weighted by atomic mass is 79.9. The van der Waals surface area contributed by atoms with E-state index in [-0.39, 0.29) is 11.4 Å². The van der Waals surface area contributed by atoms with Crippen LogP contribution in [0.5, 0.6) is 0 Å². The zero-order valence-electron chi connectivity index (χ0n) is 8.95. The number of nitrogens with one attached hydrogen (secondary N) is 1. The van der Waals surface area contributed by atoms with Crippen LogP contribution in [0, 0.1) is 11.6 Å². The summed E-state index contributed by atoms with van der Waals surface area (Å²) >= 11 is 3.15. The van der Waals surface area contributed by atoms with E-state index in [2.05, 4.69) is 26.2 Å². The van der Waals surface area contributed by atoms with Gasteiger partial charge in [-0.15, -0.1) is 0 Å². The number of aromatic nitrogens is 1. The molecule has 0 radical (unpaired) electrons. The van der Waals surface area contributed by atoms with E-state index < -0.39 is 17.5 Å². The molecule has 1 aromatic carbocycles. The van der Waals surface area contributed by atoms with Crippen LogP contribution in [0.2, 0.25) is 0 Å². The molecule has 0 aliphatic rings. The fourth-order valence-corrected chi connectivity index (χ4v) is 1.68. The molecule has 2 aromatic rings. The largest absolute Gasteiger partial charge is 0.306 e. The van der Waals surface area contributed by atoms with Crippen LogP contribution in [0.4, 0.5) is 14.6 Å². The first-order valence-corrected chi connectivity index (χ1v) is 5.74. The van der Waals surface area contributed by atoms with Gasteiger partial charge in [0.1, 0.15) is 22.1 Å². The summed E-state index contributed by atoms with van der Waals surface area (Å²) in [4.78, 5) is 15.7. The Morgan fingerprint density at radius 1 is 1.22 bits per heavy atom. The Balaban J connectivity index is 2.22. The minimum absolute atomic E-state index is 0.238. The molecule has 0 bridgehead atoms. The smallest absolute Gasteiger partial charge is 0.259 e. The molecule has 0 aliphatic carbocycles. The first-order valence-electron chi connectivity index (χ1n) is 4.95. The molecule has 0 aliphatic heterocycles. The van der Waals surface area contributed by atoms with E-state index >= 15 is 0 Å². The summed E-state index contributed by atoms with van der Waals surface area (Å²) in [7, 11) is 0. The lowest BCUT2D eigenvalue weighted by Gasteiger charge is -2.05. The number of pyridine rings is 1. The Kier molecular flexibility index (Phi) is 3.66. The van der Waals surface area contributed by atoms with Crippen LogP contribution in [0.3, 0.4) is 0 Å². The summed E-state index contributed by atoms with van der Waals surface area (Å²) in [5.41, 5.74) is -0.238. The Bertz CT molecular complexity index is 604. The predicted octanol–water partition coefficient (Wildman–Crippen LogP) is 3.37. The van der Waals surface area contributed by atoms with E-state index in [0.717, 1.165) is 12.1 Å². The van der Waals surface area contributed by atoms with Crippen molar-refractivity contribution in [3.8, 4) is 0 Å². The van der Waals surface area contributed by atoms with Crippen molar-refractivity contribution in [3.05, 3.63) is 58.2 Å². The Morgan fingerprint density at radius 3 is 2.67 bits per heavy atom. The quantitative estimate of drug-likeness (QED) is 0.864. The molecular formula is C12H7BrF2N2O. The number of hydrogen-bond donors (Lipinski definition) is 1. The van der Waals surface area contributed by atoms with Gasteiger partial charge in [-0.25, -0.2) is 13.8 Å². The van der Waals surface area contributed by atoms with Crippen molar-refractivity contribution in [1.82, 2.24) is 4.98 Å². The van der Waals surface area contributed by atoms with E-state index in [9.17, 15) is 13.6 Å². The molecule has 0 fully saturated rings. The maximum atomic E-state index is 13.4. The van der Waals surface area contributed by atoms with E-state index in [4.69, 9.17) is 0 Å². The van der Waals surface area contributed by atoms with Gasteiger partial charge in [0.05, 0.1) is 5.56 Å². The van der Waals surface area contributed by atoms with E-state index in [0.29, 0.717) is 10.7 Å². The van der Waals surface area contributed by atoms with Gasteiger partial charge in [-0.2, -0.15) is 0 Å². The number of anilines is 1. The van der Waals surface area contributed by atoms with Gasteiger partial charge < -0.3 is 5.32 Å². The van der Waals surface area contributed by atoms with Crippen LogP contribution in [-0.4, -0.2) is 10.9 Å². The van der Waals surface area contributed by atoms with Crippen molar-refractivity contribution in [2.45, 2.75) is 0 Å². The molecule has 3 nitrogen and oxygen atoms in total. The number of rotatable bonds is 2. The summed E-state index contributed by atoms with van der Waals surface area (Å²) in [6, 6.07) is 7.68. The lowest BCUT2D eigenvalue weighted by Crippen LogP contribution is -2.14. The van der Waals surface area contributed by atoms with Gasteiger partial charge in [0.2, 0.25) is 0 Å². The third-order valence-corrected chi connectivity index (χ3v) is 2.57. The zero-order valence-corrected chi connectivity index (χ0v) is 10.5. The molecule has 0 saturated carbocycles. The second kappa shape index (κ2) is 5.22. The van der Waals surface area contributed by atoms with Crippen LogP contribution in [0.1, 0.15) is 10.4 Å². The predicted molar refractivity (Wildman–Crippen MR) is 66.2 cm³/mol. The SMILES string of the molecule is O=C(Nc1cccc(Br)n1)c1ccc(F)cc1F. The van der Waals surface area contributed by atoms with Crippen molar-refractivity contribution in [2.75, 3.05) is 5.32 Å². The molecule has 18 heavy (non-hydrogen) atoms. The average Bonchev–Trinajstić information content (AvgIpc) is 2.28. The van der Waals surface area contributed by atoms with Crippen LogP contribution >= 0.6 is 15.9 Å². The highest BCUT2D eigenvalue weighted by Gasteiger charge is 2.13. The Hall–Kier alpha value is -1.82. The summed E-state index contributed by atoms with van der Waals surface area (Å²) in [6.07, 6.45) is 0. The van der Waals surface area contributed by atoms with Gasteiger partial charge in [-0.3, -0.25) is 4.79 Å². The number of nitrogens with zero attached hydrogens (tertiary/aromatic N) is 1. The lowest BCUT2D eigenvalue weighted by atomic mass is 10.2. The van der Waals surface area contributed by atoms with Crippen molar-refractivity contribution in [1.29, 1.82) is 0 Å². The van der Waals surface area contributed by atoms with Gasteiger partial charge >= 0.3 is 0 Å². The number of hydrogen-bond acceptors (Lipinski definition) is 2. The van der Waals surface area contributed by atoms with Gasteiger partial charge in [0.15, 0.2) is 0 Å². The number of carbonyl (C=O) groups is 1. The zero-order chi connectivity index (χ0) is 13.1. The molecule has 1 heterocycles. The van der Waals surface area contributed by atoms with Crippen LogP contribution in [-0.2, 0) is 0 Å². The fourth-order valence-electron chi connectivity index (χ4n) is 1.34. The summed E-state index contributed by atoms with van der Waals surface area (Å²) in [6.45, 7) is 0. The molecule has 1 aromatic heterocycles. The minimum Gasteiger partial charge on any atom is -0.306 e. The second-order valence-electron chi connectivity index (χ2n) is 3.42. The standard InChI is InChI=1S/C12H7BrF2N2O/c13-10-2-1-3-11(16-10)17-12(18)8-5-4-7(14)6-9(8)15/h1-6H,(H,16,17,18). The van der Waals surface area contributed by atoms with Gasteiger partial charge in [0, 0.05) is 6.07 Å². The van der Waals surface area contributed by atoms with Gasteiger partial charge in [-0.05, 0) is 40.2 Å². The third kappa shape index (κ3) is 2.89. The molecule has 2 rings (SSSR count). The second-order valence-corrected chi connectivity index (χ2v) is 4.24. The van der Waals surface area contributed by atoms with Crippen molar-refractivity contribution in [2.24, 2.45) is 0 Å². The maximum Gasteiger partial charge on any atom is 0.259 e.